The van der Waals surface area contributed by atoms with Gasteiger partial charge in [-0.3, -0.25) is 0 Å². The van der Waals surface area contributed by atoms with E-state index in [9.17, 15) is 0 Å². The molecule has 112 valence electrons. The van der Waals surface area contributed by atoms with Crippen molar-refractivity contribution in [2.45, 2.75) is 39.5 Å². The summed E-state index contributed by atoms with van der Waals surface area (Å²) in [6.45, 7) is 7.35. The van der Waals surface area contributed by atoms with E-state index in [0.717, 1.165) is 49.9 Å². The van der Waals surface area contributed by atoms with Gasteiger partial charge in [-0.2, -0.15) is 0 Å². The van der Waals surface area contributed by atoms with Gasteiger partial charge in [0.2, 0.25) is 0 Å². The number of aryl methyl sites for hydroxylation is 1. The Labute approximate surface area is 121 Å². The maximum absolute atomic E-state index is 9.12. The molecule has 2 rings (SSSR count). The second-order valence-electron chi connectivity index (χ2n) is 5.38. The summed E-state index contributed by atoms with van der Waals surface area (Å²) in [6, 6.07) is 2.05. The first-order chi connectivity index (χ1) is 9.76. The summed E-state index contributed by atoms with van der Waals surface area (Å²) in [5.41, 5.74) is 0. The zero-order valence-electron chi connectivity index (χ0n) is 12.6. The molecule has 1 aliphatic rings. The number of aromatic nitrogens is 2. The van der Waals surface area contributed by atoms with Crippen LogP contribution in [0, 0.1) is 5.92 Å². The molecule has 20 heavy (non-hydrogen) atoms. The number of nitrogens with zero attached hydrogens (tertiary/aromatic N) is 3. The lowest BCUT2D eigenvalue weighted by Gasteiger charge is -2.33. The SMILES string of the molecule is CCNc1cc(N2CCCC(CCO)C2)nc(CC)n1. The van der Waals surface area contributed by atoms with Gasteiger partial charge in [0.05, 0.1) is 0 Å². The Morgan fingerprint density at radius 3 is 2.95 bits per heavy atom. The molecule has 0 bridgehead atoms. The predicted octanol–water partition coefficient (Wildman–Crippen LogP) is 2.07. The van der Waals surface area contributed by atoms with Gasteiger partial charge in [0, 0.05) is 38.7 Å². The molecule has 1 saturated heterocycles. The average molecular weight is 278 g/mol. The topological polar surface area (TPSA) is 61.3 Å². The number of hydrogen-bond donors (Lipinski definition) is 2. The minimum Gasteiger partial charge on any atom is -0.396 e. The molecule has 0 aliphatic carbocycles. The Morgan fingerprint density at radius 2 is 2.25 bits per heavy atom. The molecule has 0 spiro atoms. The van der Waals surface area contributed by atoms with Crippen LogP contribution in [0.5, 0.6) is 0 Å². The summed E-state index contributed by atoms with van der Waals surface area (Å²) in [4.78, 5) is 11.5. The molecule has 0 radical (unpaired) electrons. The van der Waals surface area contributed by atoms with Crippen LogP contribution < -0.4 is 10.2 Å². The molecule has 1 fully saturated rings. The van der Waals surface area contributed by atoms with Crippen molar-refractivity contribution in [1.82, 2.24) is 9.97 Å². The van der Waals surface area contributed by atoms with Crippen molar-refractivity contribution in [2.75, 3.05) is 36.5 Å². The minimum absolute atomic E-state index is 0.283. The van der Waals surface area contributed by atoms with Gasteiger partial charge in [0.1, 0.15) is 17.5 Å². The van der Waals surface area contributed by atoms with E-state index in [1.807, 2.05) is 6.07 Å². The second-order valence-corrected chi connectivity index (χ2v) is 5.38. The molecule has 1 atom stereocenters. The standard InChI is InChI=1S/C15H26N4O/c1-3-13-17-14(16-4-2)10-15(18-13)19-8-5-6-12(11-19)7-9-20/h10,12,20H,3-9,11H2,1-2H3,(H,16,17,18). The lowest BCUT2D eigenvalue weighted by Crippen LogP contribution is -2.36. The van der Waals surface area contributed by atoms with Crippen LogP contribution in [0.2, 0.25) is 0 Å². The third-order valence-electron chi connectivity index (χ3n) is 3.81. The molecular formula is C15H26N4O. The van der Waals surface area contributed by atoms with Gasteiger partial charge in [0.15, 0.2) is 0 Å². The average Bonchev–Trinajstić information content (AvgIpc) is 2.48. The highest BCUT2D eigenvalue weighted by Crippen LogP contribution is 2.25. The molecule has 5 nitrogen and oxygen atoms in total. The van der Waals surface area contributed by atoms with Gasteiger partial charge < -0.3 is 15.3 Å². The van der Waals surface area contributed by atoms with E-state index in [-0.39, 0.29) is 6.61 Å². The highest BCUT2D eigenvalue weighted by Gasteiger charge is 2.21. The van der Waals surface area contributed by atoms with Gasteiger partial charge in [-0.25, -0.2) is 9.97 Å². The van der Waals surface area contributed by atoms with E-state index in [0.29, 0.717) is 5.92 Å². The molecule has 1 unspecified atom stereocenters. The van der Waals surface area contributed by atoms with Crippen molar-refractivity contribution in [2.24, 2.45) is 5.92 Å². The fraction of sp³-hybridized carbons (Fsp3) is 0.733. The maximum Gasteiger partial charge on any atom is 0.134 e. The number of aliphatic hydroxyl groups is 1. The Morgan fingerprint density at radius 1 is 1.40 bits per heavy atom. The normalized spacial score (nSPS) is 19.1. The van der Waals surface area contributed by atoms with E-state index < -0.39 is 0 Å². The number of anilines is 2. The number of nitrogens with one attached hydrogen (secondary N) is 1. The number of aliphatic hydroxyl groups excluding tert-OH is 1. The van der Waals surface area contributed by atoms with Crippen molar-refractivity contribution in [3.05, 3.63) is 11.9 Å². The zero-order chi connectivity index (χ0) is 14.4. The first-order valence-corrected chi connectivity index (χ1v) is 7.74. The van der Waals surface area contributed by atoms with Crippen LogP contribution in [-0.4, -0.2) is 41.3 Å². The van der Waals surface area contributed by atoms with E-state index in [4.69, 9.17) is 5.11 Å². The zero-order valence-corrected chi connectivity index (χ0v) is 12.6. The Kier molecular flexibility index (Phi) is 5.59. The molecule has 1 aromatic rings. The second kappa shape index (κ2) is 7.43. The van der Waals surface area contributed by atoms with Crippen LogP contribution in [-0.2, 0) is 6.42 Å². The van der Waals surface area contributed by atoms with E-state index >= 15 is 0 Å². The summed E-state index contributed by atoms with van der Waals surface area (Å²) in [5, 5.41) is 12.4. The maximum atomic E-state index is 9.12. The highest BCUT2D eigenvalue weighted by molar-refractivity contribution is 5.49. The van der Waals surface area contributed by atoms with Crippen LogP contribution in [0.15, 0.2) is 6.07 Å². The van der Waals surface area contributed by atoms with Crippen LogP contribution in [0.4, 0.5) is 11.6 Å². The van der Waals surface area contributed by atoms with Crippen molar-refractivity contribution in [3.8, 4) is 0 Å². The lowest BCUT2D eigenvalue weighted by molar-refractivity contribution is 0.244. The molecule has 2 heterocycles. The third-order valence-corrected chi connectivity index (χ3v) is 3.81. The molecule has 0 saturated carbocycles. The molecule has 5 heteroatoms. The summed E-state index contributed by atoms with van der Waals surface area (Å²) in [7, 11) is 0. The third kappa shape index (κ3) is 3.82. The first kappa shape index (κ1) is 15.0. The van der Waals surface area contributed by atoms with Crippen molar-refractivity contribution in [1.29, 1.82) is 0 Å². The monoisotopic (exact) mass is 278 g/mol. The number of hydrogen-bond acceptors (Lipinski definition) is 5. The number of rotatable bonds is 6. The first-order valence-electron chi connectivity index (χ1n) is 7.74. The molecule has 2 N–H and O–H groups in total. The Balaban J connectivity index is 2.15. The Hall–Kier alpha value is -1.36. The van der Waals surface area contributed by atoms with Gasteiger partial charge in [-0.1, -0.05) is 6.92 Å². The fourth-order valence-corrected chi connectivity index (χ4v) is 2.77. The van der Waals surface area contributed by atoms with E-state index in [1.54, 1.807) is 0 Å². The van der Waals surface area contributed by atoms with Crippen molar-refractivity contribution in [3.63, 3.8) is 0 Å². The van der Waals surface area contributed by atoms with E-state index in [1.165, 1.54) is 12.8 Å². The highest BCUT2D eigenvalue weighted by atomic mass is 16.3. The van der Waals surface area contributed by atoms with Gasteiger partial charge >= 0.3 is 0 Å². The van der Waals surface area contributed by atoms with Crippen molar-refractivity contribution >= 4 is 11.6 Å². The summed E-state index contributed by atoms with van der Waals surface area (Å²) < 4.78 is 0. The largest absolute Gasteiger partial charge is 0.396 e. The van der Waals surface area contributed by atoms with Gasteiger partial charge in [-0.05, 0) is 32.1 Å². The lowest BCUT2D eigenvalue weighted by atomic mass is 9.95. The molecule has 1 aromatic heterocycles. The van der Waals surface area contributed by atoms with Crippen LogP contribution in [0.25, 0.3) is 0 Å². The Bertz CT molecular complexity index is 422. The number of piperidine rings is 1. The van der Waals surface area contributed by atoms with Gasteiger partial charge in [-0.15, -0.1) is 0 Å². The van der Waals surface area contributed by atoms with Crippen LogP contribution >= 0.6 is 0 Å². The van der Waals surface area contributed by atoms with Crippen LogP contribution in [0.3, 0.4) is 0 Å². The van der Waals surface area contributed by atoms with Crippen LogP contribution in [0.1, 0.15) is 38.9 Å². The van der Waals surface area contributed by atoms with Crippen molar-refractivity contribution < 1.29 is 5.11 Å². The smallest absolute Gasteiger partial charge is 0.134 e. The summed E-state index contributed by atoms with van der Waals surface area (Å²) in [6.07, 6.45) is 4.12. The minimum atomic E-state index is 0.283. The summed E-state index contributed by atoms with van der Waals surface area (Å²) in [5.74, 6) is 3.41. The molecule has 0 amide bonds. The quantitative estimate of drug-likeness (QED) is 0.834. The van der Waals surface area contributed by atoms with Gasteiger partial charge in [0.25, 0.3) is 0 Å². The molecule has 1 aliphatic heterocycles. The fourth-order valence-electron chi connectivity index (χ4n) is 2.77. The van der Waals surface area contributed by atoms with E-state index in [2.05, 4.69) is 34.0 Å². The predicted molar refractivity (Wildman–Crippen MR) is 82.2 cm³/mol. The molecular weight excluding hydrogens is 252 g/mol. The molecule has 0 aromatic carbocycles. The summed E-state index contributed by atoms with van der Waals surface area (Å²) >= 11 is 0.